The number of hydrogen-bond acceptors (Lipinski definition) is 9. The average Bonchev–Trinajstić information content (AvgIpc) is 3.27. The van der Waals surface area contributed by atoms with Crippen molar-refractivity contribution in [1.29, 1.82) is 0 Å². The fourth-order valence-corrected chi connectivity index (χ4v) is 4.33. The van der Waals surface area contributed by atoms with Crippen LogP contribution in [0.25, 0.3) is 0 Å². The highest BCUT2D eigenvalue weighted by Crippen LogP contribution is 2.29. The van der Waals surface area contributed by atoms with Crippen molar-refractivity contribution in [3.05, 3.63) is 54.2 Å². The normalized spacial score (nSPS) is 13.9. The van der Waals surface area contributed by atoms with Crippen LogP contribution in [0.2, 0.25) is 0 Å². The molecule has 176 valence electrons. The molecule has 13 heteroatoms. The molecule has 0 spiro atoms. The van der Waals surface area contributed by atoms with E-state index in [4.69, 9.17) is 9.84 Å². The Kier molecular flexibility index (Phi) is 7.32. The average molecular weight is 484 g/mol. The van der Waals surface area contributed by atoms with Gasteiger partial charge in [0.25, 0.3) is 5.91 Å². The van der Waals surface area contributed by atoms with Crippen molar-refractivity contribution in [3.63, 3.8) is 0 Å². The van der Waals surface area contributed by atoms with Gasteiger partial charge >= 0.3 is 12.1 Å². The number of aromatic nitrogens is 5. The van der Waals surface area contributed by atoms with Gasteiger partial charge in [-0.3, -0.25) is 9.59 Å². The fourth-order valence-electron chi connectivity index (χ4n) is 3.27. The molecule has 1 aliphatic heterocycles. The largest absolute Gasteiger partial charge is 0.480 e. The van der Waals surface area contributed by atoms with Crippen molar-refractivity contribution in [2.24, 2.45) is 0 Å². The third kappa shape index (κ3) is 6.07. The summed E-state index contributed by atoms with van der Waals surface area (Å²) in [7, 11) is 0. The summed E-state index contributed by atoms with van der Waals surface area (Å²) in [4.78, 5) is 41.3. The van der Waals surface area contributed by atoms with Crippen LogP contribution in [0.5, 0.6) is 5.88 Å². The number of carbonyl (C=O) groups excluding carboxylic acids is 2. The second-order valence-electron chi connectivity index (χ2n) is 7.39. The Hall–Kier alpha value is -4.00. The Morgan fingerprint density at radius 3 is 2.56 bits per heavy atom. The highest BCUT2D eigenvalue weighted by Gasteiger charge is 2.26. The number of tetrazole rings is 1. The van der Waals surface area contributed by atoms with Gasteiger partial charge in [0, 0.05) is 30.0 Å². The Morgan fingerprint density at radius 2 is 1.88 bits per heavy atom. The van der Waals surface area contributed by atoms with E-state index in [0.29, 0.717) is 42.3 Å². The van der Waals surface area contributed by atoms with Crippen LogP contribution in [0.15, 0.2) is 53.8 Å². The number of carbonyl (C=O) groups is 3. The Morgan fingerprint density at radius 1 is 1.12 bits per heavy atom. The smallest absolute Gasteiger partial charge is 0.416 e. The molecule has 1 aliphatic rings. The number of amides is 2. The minimum atomic E-state index is -1.02. The number of rotatable bonds is 7. The summed E-state index contributed by atoms with van der Waals surface area (Å²) in [5.74, 6) is -1.15. The van der Waals surface area contributed by atoms with Crippen molar-refractivity contribution >= 4 is 35.4 Å². The van der Waals surface area contributed by atoms with Crippen LogP contribution in [-0.2, 0) is 11.3 Å². The zero-order valence-corrected chi connectivity index (χ0v) is 18.7. The Balaban J connectivity index is 1.24. The maximum atomic E-state index is 12.5. The van der Waals surface area contributed by atoms with Crippen LogP contribution in [-0.4, -0.2) is 71.5 Å². The molecule has 1 fully saturated rings. The molecule has 34 heavy (non-hydrogen) atoms. The number of thioether (sulfide) groups is 1. The zero-order chi connectivity index (χ0) is 23.9. The van der Waals surface area contributed by atoms with Crippen LogP contribution in [0.3, 0.4) is 0 Å². The zero-order valence-electron chi connectivity index (χ0n) is 17.9. The van der Waals surface area contributed by atoms with E-state index < -0.39 is 12.1 Å². The first-order chi connectivity index (χ1) is 16.5. The molecular weight excluding hydrogens is 462 g/mol. The SMILES string of the molecule is O=C(O)Cn1nnnc1SC1CCN(C(=O)Oc2ccc(NC(=O)c3ccccc3)cn2)CC1. The van der Waals surface area contributed by atoms with Gasteiger partial charge in [0.15, 0.2) is 0 Å². The van der Waals surface area contributed by atoms with Crippen molar-refractivity contribution < 1.29 is 24.2 Å². The van der Waals surface area contributed by atoms with E-state index in [1.165, 1.54) is 28.7 Å². The highest BCUT2D eigenvalue weighted by atomic mass is 32.2. The van der Waals surface area contributed by atoms with Gasteiger partial charge in [-0.1, -0.05) is 30.0 Å². The summed E-state index contributed by atoms with van der Waals surface area (Å²) < 4.78 is 6.60. The number of likely N-dealkylation sites (tertiary alicyclic amines) is 1. The molecule has 0 saturated carbocycles. The molecule has 0 atom stereocenters. The summed E-state index contributed by atoms with van der Waals surface area (Å²) in [6.45, 7) is 0.645. The molecule has 0 unspecified atom stereocenters. The molecule has 4 rings (SSSR count). The second kappa shape index (κ2) is 10.7. The lowest BCUT2D eigenvalue weighted by molar-refractivity contribution is -0.138. The molecular formula is C21H21N7O5S. The lowest BCUT2D eigenvalue weighted by Crippen LogP contribution is -2.41. The standard InChI is InChI=1S/C21H21N7O5S/c29-18(30)13-28-20(24-25-26-28)34-16-8-10-27(11-9-16)21(32)33-17-7-6-15(12-22-17)23-19(31)14-4-2-1-3-5-14/h1-7,12,16H,8-11,13H2,(H,23,31)(H,29,30). The molecule has 3 aromatic rings. The van der Waals surface area contributed by atoms with Crippen LogP contribution >= 0.6 is 11.8 Å². The quantitative estimate of drug-likeness (QED) is 0.511. The number of ether oxygens (including phenoxy) is 1. The number of anilines is 1. The first-order valence-corrected chi connectivity index (χ1v) is 11.3. The minimum Gasteiger partial charge on any atom is -0.480 e. The number of nitrogens with zero attached hydrogens (tertiary/aromatic N) is 6. The molecule has 2 aromatic heterocycles. The van der Waals surface area contributed by atoms with E-state index in [0.717, 1.165) is 0 Å². The summed E-state index contributed by atoms with van der Waals surface area (Å²) >= 11 is 1.40. The van der Waals surface area contributed by atoms with Gasteiger partial charge in [0.2, 0.25) is 11.0 Å². The van der Waals surface area contributed by atoms with E-state index in [2.05, 4.69) is 25.8 Å². The third-order valence-electron chi connectivity index (χ3n) is 4.98. The number of carboxylic acids is 1. The van der Waals surface area contributed by atoms with Crippen molar-refractivity contribution in [2.75, 3.05) is 18.4 Å². The minimum absolute atomic E-state index is 0.132. The molecule has 2 amide bonds. The first-order valence-electron chi connectivity index (χ1n) is 10.4. The van der Waals surface area contributed by atoms with Crippen LogP contribution in [0.4, 0.5) is 10.5 Å². The summed E-state index contributed by atoms with van der Waals surface area (Å²) in [6.07, 6.45) is 2.27. The van der Waals surface area contributed by atoms with Crippen LogP contribution in [0, 0.1) is 0 Å². The molecule has 12 nitrogen and oxygen atoms in total. The summed E-state index contributed by atoms with van der Waals surface area (Å²) in [5, 5.41) is 23.3. The summed E-state index contributed by atoms with van der Waals surface area (Å²) in [6, 6.07) is 11.9. The number of carboxylic acid groups (broad SMARTS) is 1. The number of pyridine rings is 1. The van der Waals surface area contributed by atoms with E-state index in [1.807, 2.05) is 6.07 Å². The number of piperidine rings is 1. The molecule has 3 heterocycles. The second-order valence-corrected chi connectivity index (χ2v) is 8.66. The number of benzene rings is 1. The molecule has 1 saturated heterocycles. The first kappa shape index (κ1) is 23.2. The van der Waals surface area contributed by atoms with Gasteiger partial charge in [-0.25, -0.2) is 14.5 Å². The molecule has 2 N–H and O–H groups in total. The van der Waals surface area contributed by atoms with Crippen molar-refractivity contribution in [1.82, 2.24) is 30.1 Å². The van der Waals surface area contributed by atoms with E-state index in [-0.39, 0.29) is 23.6 Å². The van der Waals surface area contributed by atoms with Gasteiger partial charge < -0.3 is 20.1 Å². The number of hydrogen-bond donors (Lipinski definition) is 2. The Labute approximate surface area is 198 Å². The van der Waals surface area contributed by atoms with Crippen molar-refractivity contribution in [2.45, 2.75) is 29.8 Å². The number of nitrogens with one attached hydrogen (secondary N) is 1. The van der Waals surface area contributed by atoms with Crippen LogP contribution in [0.1, 0.15) is 23.2 Å². The maximum absolute atomic E-state index is 12.5. The van der Waals surface area contributed by atoms with Gasteiger partial charge in [-0.2, -0.15) is 0 Å². The van der Waals surface area contributed by atoms with E-state index >= 15 is 0 Å². The van der Waals surface area contributed by atoms with Crippen molar-refractivity contribution in [3.8, 4) is 5.88 Å². The summed E-state index contributed by atoms with van der Waals surface area (Å²) in [5.41, 5.74) is 1.01. The lowest BCUT2D eigenvalue weighted by atomic mass is 10.1. The predicted molar refractivity (Wildman–Crippen MR) is 121 cm³/mol. The van der Waals surface area contributed by atoms with Gasteiger partial charge in [-0.05, 0) is 41.5 Å². The topological polar surface area (TPSA) is 152 Å². The van der Waals surface area contributed by atoms with E-state index in [1.54, 1.807) is 35.2 Å². The lowest BCUT2D eigenvalue weighted by Gasteiger charge is -2.30. The maximum Gasteiger partial charge on any atom is 0.416 e. The van der Waals surface area contributed by atoms with Gasteiger partial charge in [0.1, 0.15) is 6.54 Å². The van der Waals surface area contributed by atoms with Gasteiger partial charge in [0.05, 0.1) is 11.9 Å². The molecule has 1 aromatic carbocycles. The fraction of sp³-hybridized carbons (Fsp3) is 0.286. The third-order valence-corrected chi connectivity index (χ3v) is 6.29. The molecule has 0 aliphatic carbocycles. The Bertz CT molecular complexity index is 1150. The highest BCUT2D eigenvalue weighted by molar-refractivity contribution is 7.99. The molecule has 0 radical (unpaired) electrons. The molecule has 0 bridgehead atoms. The van der Waals surface area contributed by atoms with Crippen LogP contribution < -0.4 is 10.1 Å². The van der Waals surface area contributed by atoms with Gasteiger partial charge in [-0.15, -0.1) is 5.10 Å². The number of aliphatic carboxylic acids is 1. The van der Waals surface area contributed by atoms with E-state index in [9.17, 15) is 14.4 Å². The monoisotopic (exact) mass is 483 g/mol. The predicted octanol–water partition coefficient (Wildman–Crippen LogP) is 2.16.